The van der Waals surface area contributed by atoms with Crippen molar-refractivity contribution < 1.29 is 13.6 Å². The van der Waals surface area contributed by atoms with Gasteiger partial charge in [-0.25, -0.2) is 18.8 Å². The van der Waals surface area contributed by atoms with Crippen LogP contribution in [0.2, 0.25) is 0 Å². The molecule has 3 N–H and O–H groups in total. The van der Waals surface area contributed by atoms with Crippen molar-refractivity contribution in [2.75, 3.05) is 5.32 Å². The molecule has 0 fully saturated rings. The fraction of sp³-hybridized carbons (Fsp3) is 0.118. The number of halogens is 3. The molecule has 8 nitrogen and oxygen atoms in total. The Morgan fingerprint density at radius 2 is 1.78 bits per heavy atom. The quantitative estimate of drug-likeness (QED) is 0.201. The minimum atomic E-state index is -0.900. The zero-order valence-electron chi connectivity index (χ0n) is 24.3. The Balaban J connectivity index is 1.56. The normalized spacial score (nSPS) is 12.8. The highest BCUT2D eigenvalue weighted by atomic mass is 127. The van der Waals surface area contributed by atoms with Crippen LogP contribution in [-0.4, -0.2) is 20.4 Å². The molecule has 5 aromatic rings. The van der Waals surface area contributed by atoms with Gasteiger partial charge in [-0.05, 0) is 120 Å². The Kier molecular flexibility index (Phi) is 8.44. The number of aryl methyl sites for hydroxylation is 1. The summed E-state index contributed by atoms with van der Waals surface area (Å²) in [6.45, 7) is 4.12. The molecule has 1 aliphatic rings. The third-order valence-electron chi connectivity index (χ3n) is 7.52. The average Bonchev–Trinajstić information content (AvgIpc) is 3.50. The van der Waals surface area contributed by atoms with E-state index in [-0.39, 0.29) is 11.4 Å². The van der Waals surface area contributed by atoms with Crippen LogP contribution in [0.15, 0.2) is 106 Å². The molecule has 0 saturated carbocycles. The molecule has 0 bridgehead atoms. The van der Waals surface area contributed by atoms with Gasteiger partial charge in [-0.15, -0.1) is 0 Å². The second-order valence-electron chi connectivity index (χ2n) is 10.6. The van der Waals surface area contributed by atoms with Gasteiger partial charge in [-0.2, -0.15) is 0 Å². The van der Waals surface area contributed by atoms with Gasteiger partial charge in [0.05, 0.1) is 6.54 Å². The Labute approximate surface area is 270 Å². The summed E-state index contributed by atoms with van der Waals surface area (Å²) in [5, 5.41) is 6.71. The zero-order valence-corrected chi connectivity index (χ0v) is 26.4. The SMILES string of the molecule is CC1=C(NCc2ncc[nH]2)N=c2c(ccc(=O)n2-c2c(F)cccc2F)=C(c2cc(C(=O)Nc3ccc(I)cc3)ccc2C)C1. The molecule has 6 rings (SSSR count). The first-order valence-corrected chi connectivity index (χ1v) is 15.2. The number of pyridine rings is 1. The number of aromatic nitrogens is 3. The summed E-state index contributed by atoms with van der Waals surface area (Å²) >= 11 is 2.20. The Morgan fingerprint density at radius 3 is 2.49 bits per heavy atom. The number of nitrogens with zero attached hydrogens (tertiary/aromatic N) is 3. The molecule has 1 amide bonds. The molecule has 45 heavy (non-hydrogen) atoms. The predicted molar refractivity (Wildman–Crippen MR) is 176 cm³/mol. The summed E-state index contributed by atoms with van der Waals surface area (Å²) < 4.78 is 32.4. The molecule has 0 saturated heterocycles. The summed E-state index contributed by atoms with van der Waals surface area (Å²) in [4.78, 5) is 38.8. The highest BCUT2D eigenvalue weighted by Gasteiger charge is 2.21. The summed E-state index contributed by atoms with van der Waals surface area (Å²) in [5.41, 5.74) is 3.16. The van der Waals surface area contributed by atoms with Gasteiger partial charge in [0.25, 0.3) is 11.5 Å². The topological polar surface area (TPSA) is 104 Å². The van der Waals surface area contributed by atoms with E-state index in [1.807, 2.05) is 44.2 Å². The molecule has 0 radical (unpaired) electrons. The van der Waals surface area contributed by atoms with Gasteiger partial charge >= 0.3 is 0 Å². The van der Waals surface area contributed by atoms with Crippen LogP contribution in [0.3, 0.4) is 0 Å². The fourth-order valence-electron chi connectivity index (χ4n) is 5.26. The maximum Gasteiger partial charge on any atom is 0.256 e. The molecule has 0 aliphatic carbocycles. The van der Waals surface area contributed by atoms with Gasteiger partial charge in [0.15, 0.2) is 0 Å². The highest BCUT2D eigenvalue weighted by Crippen LogP contribution is 2.27. The molecular weight excluding hydrogens is 689 g/mol. The summed E-state index contributed by atoms with van der Waals surface area (Å²) in [7, 11) is 0. The second kappa shape index (κ2) is 12.6. The van der Waals surface area contributed by atoms with E-state index in [0.717, 1.165) is 42.5 Å². The van der Waals surface area contributed by atoms with Gasteiger partial charge in [0, 0.05) is 38.5 Å². The number of imidazole rings is 1. The monoisotopic (exact) mass is 716 g/mol. The Bertz CT molecular complexity index is 2140. The van der Waals surface area contributed by atoms with Crippen LogP contribution in [0.1, 0.15) is 40.7 Å². The predicted octanol–water partition coefficient (Wildman–Crippen LogP) is 5.25. The smallest absolute Gasteiger partial charge is 0.256 e. The van der Waals surface area contributed by atoms with E-state index in [0.29, 0.717) is 41.1 Å². The number of para-hydroxylation sites is 1. The lowest BCUT2D eigenvalue weighted by molar-refractivity contribution is 0.102. The van der Waals surface area contributed by atoms with Crippen LogP contribution in [0.5, 0.6) is 0 Å². The van der Waals surface area contributed by atoms with E-state index < -0.39 is 22.9 Å². The first-order valence-electron chi connectivity index (χ1n) is 14.1. The summed E-state index contributed by atoms with van der Waals surface area (Å²) in [6.07, 6.45) is 3.71. The lowest BCUT2D eigenvalue weighted by Crippen LogP contribution is -2.44. The Hall–Kier alpha value is -4.91. The first-order chi connectivity index (χ1) is 21.7. The Morgan fingerprint density at radius 1 is 1.02 bits per heavy atom. The van der Waals surface area contributed by atoms with Crippen LogP contribution in [0, 0.1) is 22.1 Å². The molecule has 1 aliphatic heterocycles. The van der Waals surface area contributed by atoms with Gasteiger partial charge in [-0.3, -0.25) is 14.2 Å². The van der Waals surface area contributed by atoms with Crippen molar-refractivity contribution in [1.82, 2.24) is 19.9 Å². The molecule has 2 aromatic heterocycles. The molecular formula is C34H27F2IN6O2. The number of benzene rings is 3. The minimum absolute atomic E-state index is 0.0634. The molecule has 3 heterocycles. The van der Waals surface area contributed by atoms with E-state index in [9.17, 15) is 9.59 Å². The number of amides is 1. The van der Waals surface area contributed by atoms with Crippen molar-refractivity contribution in [2.24, 2.45) is 4.99 Å². The number of hydrogen-bond donors (Lipinski definition) is 3. The van der Waals surface area contributed by atoms with Crippen LogP contribution in [0.4, 0.5) is 14.5 Å². The van der Waals surface area contributed by atoms with E-state index in [1.165, 1.54) is 12.1 Å². The van der Waals surface area contributed by atoms with E-state index >= 15 is 8.78 Å². The lowest BCUT2D eigenvalue weighted by atomic mass is 9.92. The van der Waals surface area contributed by atoms with Gasteiger partial charge in [-0.1, -0.05) is 12.1 Å². The molecule has 0 atom stereocenters. The van der Waals surface area contributed by atoms with E-state index in [1.54, 1.807) is 30.6 Å². The van der Waals surface area contributed by atoms with Crippen molar-refractivity contribution in [1.29, 1.82) is 0 Å². The van der Waals surface area contributed by atoms with E-state index in [2.05, 4.69) is 43.2 Å². The van der Waals surface area contributed by atoms with Crippen molar-refractivity contribution in [3.63, 3.8) is 0 Å². The minimum Gasteiger partial charge on any atom is -0.363 e. The lowest BCUT2D eigenvalue weighted by Gasteiger charge is -2.15. The summed E-state index contributed by atoms with van der Waals surface area (Å²) in [5.74, 6) is -0.995. The van der Waals surface area contributed by atoms with Gasteiger partial charge in [0.1, 0.15) is 34.5 Å². The number of rotatable bonds is 7. The van der Waals surface area contributed by atoms with Crippen LogP contribution in [0.25, 0.3) is 11.3 Å². The standard InChI is InChI=1S/C34H27F2IN6O2/c1-19-6-7-21(34(45)41-23-10-8-22(37)9-11-23)17-25(19)26-16-20(2)32(40-18-29-38-14-15-39-29)42-33-24(26)12-13-30(44)43(33)31-27(35)4-3-5-28(31)36/h3-15,17,40H,16,18H2,1-2H3,(H,38,39)(H,41,45). The number of H-pyrrole nitrogens is 1. The van der Waals surface area contributed by atoms with Crippen LogP contribution in [-0.2, 0) is 6.54 Å². The van der Waals surface area contributed by atoms with Gasteiger partial charge in [0.2, 0.25) is 0 Å². The number of allylic oxidation sites excluding steroid dienone is 1. The largest absolute Gasteiger partial charge is 0.363 e. The van der Waals surface area contributed by atoms with Crippen molar-refractivity contribution >= 4 is 39.8 Å². The molecule has 11 heteroatoms. The maximum atomic E-state index is 15.2. The summed E-state index contributed by atoms with van der Waals surface area (Å²) in [6, 6.07) is 19.2. The van der Waals surface area contributed by atoms with Crippen molar-refractivity contribution in [3.05, 3.63) is 155 Å². The fourth-order valence-corrected chi connectivity index (χ4v) is 5.62. The second-order valence-corrected chi connectivity index (χ2v) is 11.8. The number of carbonyl (C=O) groups is 1. The third kappa shape index (κ3) is 6.21. The number of aromatic amines is 1. The van der Waals surface area contributed by atoms with Crippen molar-refractivity contribution in [2.45, 2.75) is 26.8 Å². The third-order valence-corrected chi connectivity index (χ3v) is 8.24. The molecule has 226 valence electrons. The van der Waals surface area contributed by atoms with Gasteiger partial charge < -0.3 is 15.6 Å². The number of hydrogen-bond acceptors (Lipinski definition) is 5. The number of anilines is 1. The number of carbonyl (C=O) groups excluding carboxylic acids is 1. The molecule has 3 aromatic carbocycles. The zero-order chi connectivity index (χ0) is 31.7. The highest BCUT2D eigenvalue weighted by molar-refractivity contribution is 14.1. The molecule has 0 spiro atoms. The number of fused-ring (bicyclic) bond motifs is 1. The van der Waals surface area contributed by atoms with Crippen LogP contribution >= 0.6 is 22.6 Å². The first kappa shape index (κ1) is 30.1. The molecule has 0 unspecified atom stereocenters. The van der Waals surface area contributed by atoms with Crippen LogP contribution < -0.4 is 26.9 Å². The van der Waals surface area contributed by atoms with Crippen molar-refractivity contribution in [3.8, 4) is 5.69 Å². The number of nitrogens with one attached hydrogen (secondary N) is 3. The average molecular weight is 717 g/mol. The van der Waals surface area contributed by atoms with E-state index in [4.69, 9.17) is 4.99 Å². The maximum absolute atomic E-state index is 15.2.